The van der Waals surface area contributed by atoms with Crippen molar-refractivity contribution in [3.05, 3.63) is 70.8 Å². The third-order valence-electron chi connectivity index (χ3n) is 7.34. The molecule has 4 atom stereocenters. The van der Waals surface area contributed by atoms with Gasteiger partial charge in [-0.05, 0) is 68.9 Å². The monoisotopic (exact) mass is 608 g/mol. The van der Waals surface area contributed by atoms with Crippen LogP contribution in [0.4, 0.5) is 41.3 Å². The van der Waals surface area contributed by atoms with Gasteiger partial charge in [-0.15, -0.1) is 0 Å². The fourth-order valence-corrected chi connectivity index (χ4v) is 4.71. The van der Waals surface area contributed by atoms with Crippen LogP contribution in [-0.4, -0.2) is 0 Å². The summed E-state index contributed by atoms with van der Waals surface area (Å²) < 4.78 is 64.0. The summed E-state index contributed by atoms with van der Waals surface area (Å²) >= 11 is 0. The molecule has 0 spiro atoms. The molecular formula is C32H53F9. The van der Waals surface area contributed by atoms with Crippen LogP contribution in [0.25, 0.3) is 0 Å². The highest BCUT2D eigenvalue weighted by molar-refractivity contribution is 5.23. The van der Waals surface area contributed by atoms with Gasteiger partial charge in [0.1, 0.15) is 0 Å². The summed E-state index contributed by atoms with van der Waals surface area (Å²) in [6, 6.07) is 16.8. The molecule has 41 heavy (non-hydrogen) atoms. The second kappa shape index (κ2) is 35.8. The van der Waals surface area contributed by atoms with Gasteiger partial charge in [0.2, 0.25) is 0 Å². The van der Waals surface area contributed by atoms with Crippen LogP contribution in [0.3, 0.4) is 0 Å². The highest BCUT2D eigenvalue weighted by Gasteiger charge is 2.15. The Labute approximate surface area is 242 Å². The molecule has 4 rings (SSSR count). The van der Waals surface area contributed by atoms with Gasteiger partial charge in [0.15, 0.2) is 0 Å². The van der Waals surface area contributed by atoms with Crippen LogP contribution in [0.5, 0.6) is 0 Å². The minimum atomic E-state index is 0. The Morgan fingerprint density at radius 2 is 0.829 bits per heavy atom. The summed E-state index contributed by atoms with van der Waals surface area (Å²) in [4.78, 5) is 0. The number of rotatable bonds is 0. The topological polar surface area (TPSA) is 0 Å². The molecule has 4 unspecified atom stereocenters. The quantitative estimate of drug-likeness (QED) is 0.261. The molecule has 2 saturated carbocycles. The normalized spacial score (nSPS) is 19.7. The first-order valence-corrected chi connectivity index (χ1v) is 13.8. The largest absolute Gasteiger partial charge is 0.269 e. The third-order valence-corrected chi connectivity index (χ3v) is 7.34. The van der Waals surface area contributed by atoms with E-state index in [2.05, 4.69) is 104 Å². The SMILES string of the molecule is CC1CCCC(C)C1.CC1CCCCC1C.Cc1cccc(C)c1.Cc1ccccc1C.F.FF.FF.FF.FF. The summed E-state index contributed by atoms with van der Waals surface area (Å²) in [7, 11) is 0. The van der Waals surface area contributed by atoms with Gasteiger partial charge in [-0.2, -0.15) is 0 Å². The lowest BCUT2D eigenvalue weighted by atomic mass is 9.82. The van der Waals surface area contributed by atoms with Crippen molar-refractivity contribution in [2.75, 3.05) is 0 Å². The molecule has 0 aliphatic heterocycles. The van der Waals surface area contributed by atoms with Crippen molar-refractivity contribution in [1.29, 1.82) is 0 Å². The van der Waals surface area contributed by atoms with Crippen LogP contribution in [-0.2, 0) is 0 Å². The minimum Gasteiger partial charge on any atom is -0.269 e. The number of halogens is 9. The first-order valence-electron chi connectivity index (χ1n) is 13.8. The molecule has 0 heterocycles. The molecule has 2 aromatic rings. The van der Waals surface area contributed by atoms with E-state index in [9.17, 15) is 0 Å². The van der Waals surface area contributed by atoms with Crippen LogP contribution in [0, 0.1) is 51.4 Å². The summed E-state index contributed by atoms with van der Waals surface area (Å²) in [5.41, 5.74) is 5.41. The molecule has 9 heteroatoms. The Balaban J connectivity index is -0.000000129. The first kappa shape index (κ1) is 48.5. The molecule has 0 nitrogen and oxygen atoms in total. The summed E-state index contributed by atoms with van der Waals surface area (Å²) in [5, 5.41) is 0. The van der Waals surface area contributed by atoms with Crippen LogP contribution in [0.2, 0.25) is 0 Å². The molecule has 2 aromatic carbocycles. The number of benzene rings is 2. The average Bonchev–Trinajstić information content (AvgIpc) is 2.97. The molecule has 0 N–H and O–H groups in total. The van der Waals surface area contributed by atoms with Gasteiger partial charge in [-0.1, -0.05) is 132 Å². The van der Waals surface area contributed by atoms with E-state index in [4.69, 9.17) is 36.6 Å². The van der Waals surface area contributed by atoms with Crippen LogP contribution < -0.4 is 0 Å². The van der Waals surface area contributed by atoms with Crippen LogP contribution in [0.1, 0.15) is 101 Å². The van der Waals surface area contributed by atoms with Crippen molar-refractivity contribution in [2.45, 2.75) is 107 Å². The van der Waals surface area contributed by atoms with E-state index < -0.39 is 0 Å². The van der Waals surface area contributed by atoms with E-state index in [1.165, 1.54) is 73.6 Å². The minimum absolute atomic E-state index is 0. The zero-order valence-electron chi connectivity index (χ0n) is 26.0. The van der Waals surface area contributed by atoms with E-state index in [0.29, 0.717) is 0 Å². The highest BCUT2D eigenvalue weighted by atomic mass is 20.0. The first-order chi connectivity index (χ1) is 19.2. The number of hydrogen-bond acceptors (Lipinski definition) is 0. The predicted octanol–water partition coefficient (Wildman–Crippen LogP) is 13.8. The number of aryl methyl sites for hydroxylation is 4. The fraction of sp³-hybridized carbons (Fsp3) is 0.625. The van der Waals surface area contributed by atoms with E-state index >= 15 is 0 Å². The molecule has 0 radical (unpaired) electrons. The fourth-order valence-electron chi connectivity index (χ4n) is 4.71. The standard InChI is InChI=1S/C8H16.C8H10.C8H16.C8H10.4F2.FH/c2*1-7-4-3-5-8(2)6-7;2*1-7-5-3-4-6-8(7)2;4*1-2;/h7-8H,3-6H2,1-2H3;3-6H,1-2H3;7-8H,3-6H2,1-2H3;3-6H,1-2H3;;;;;1H. The van der Waals surface area contributed by atoms with Gasteiger partial charge in [0, 0.05) is 36.6 Å². The third kappa shape index (κ3) is 30.6. The lowest BCUT2D eigenvalue weighted by Crippen LogP contribution is -2.12. The van der Waals surface area contributed by atoms with Gasteiger partial charge in [0.05, 0.1) is 0 Å². The van der Waals surface area contributed by atoms with Gasteiger partial charge < -0.3 is 0 Å². The van der Waals surface area contributed by atoms with Crippen molar-refractivity contribution in [2.24, 2.45) is 23.7 Å². The number of hydrogen-bond donors (Lipinski definition) is 0. The van der Waals surface area contributed by atoms with Crippen molar-refractivity contribution in [3.8, 4) is 0 Å². The summed E-state index contributed by atoms with van der Waals surface area (Å²) in [5.74, 6) is 4.03. The van der Waals surface area contributed by atoms with Crippen molar-refractivity contribution < 1.29 is 41.3 Å². The Morgan fingerprint density at radius 1 is 0.488 bits per heavy atom. The average molecular weight is 609 g/mol. The molecule has 2 aliphatic carbocycles. The van der Waals surface area contributed by atoms with E-state index in [-0.39, 0.29) is 4.70 Å². The van der Waals surface area contributed by atoms with Gasteiger partial charge >= 0.3 is 0 Å². The second-order valence-electron chi connectivity index (χ2n) is 10.9. The zero-order chi connectivity index (χ0) is 31.9. The lowest BCUT2D eigenvalue weighted by molar-refractivity contribution is 0.108. The maximum Gasteiger partial charge on any atom is 0 e. The maximum absolute atomic E-state index is 8.00. The Kier molecular flexibility index (Phi) is 42.4. The predicted molar refractivity (Wildman–Crippen MR) is 157 cm³/mol. The smallest absolute Gasteiger partial charge is 0 e. The lowest BCUT2D eigenvalue weighted by Gasteiger charge is -2.24. The Bertz CT molecular complexity index is 703. The van der Waals surface area contributed by atoms with E-state index in [1.54, 1.807) is 0 Å². The molecule has 0 bridgehead atoms. The summed E-state index contributed by atoms with van der Waals surface area (Å²) in [6.07, 6.45) is 11.8. The van der Waals surface area contributed by atoms with Crippen molar-refractivity contribution in [3.63, 3.8) is 0 Å². The van der Waals surface area contributed by atoms with Crippen LogP contribution in [0.15, 0.2) is 48.5 Å². The molecule has 0 saturated heterocycles. The zero-order valence-corrected chi connectivity index (χ0v) is 26.0. The molecule has 2 fully saturated rings. The van der Waals surface area contributed by atoms with Crippen LogP contribution >= 0.6 is 0 Å². The molecule has 2 aliphatic rings. The molecule has 244 valence electrons. The van der Waals surface area contributed by atoms with Gasteiger partial charge in [-0.25, -0.2) is 0 Å². The van der Waals surface area contributed by atoms with Gasteiger partial charge in [0.25, 0.3) is 0 Å². The van der Waals surface area contributed by atoms with Crippen molar-refractivity contribution in [1.82, 2.24) is 0 Å². The molecule has 0 aromatic heterocycles. The Morgan fingerprint density at radius 3 is 1.02 bits per heavy atom. The summed E-state index contributed by atoms with van der Waals surface area (Å²) in [6.45, 7) is 17.9. The maximum atomic E-state index is 8.00. The van der Waals surface area contributed by atoms with Crippen molar-refractivity contribution >= 4 is 0 Å². The highest BCUT2D eigenvalue weighted by Crippen LogP contribution is 2.28. The van der Waals surface area contributed by atoms with E-state index in [0.717, 1.165) is 23.7 Å². The Hall–Kier alpha value is -2.19. The van der Waals surface area contributed by atoms with E-state index in [1.807, 2.05) is 0 Å². The molecular weight excluding hydrogens is 555 g/mol. The molecule has 0 amide bonds. The van der Waals surface area contributed by atoms with Gasteiger partial charge in [-0.3, -0.25) is 4.70 Å². The second-order valence-corrected chi connectivity index (χ2v) is 10.9.